The van der Waals surface area contributed by atoms with Gasteiger partial charge in [-0.25, -0.2) is 4.79 Å². The number of carboxylic acids is 1. The molecule has 0 fully saturated rings. The highest BCUT2D eigenvalue weighted by Gasteiger charge is 2.10. The monoisotopic (exact) mass is 357 g/mol. The number of halogens is 1. The van der Waals surface area contributed by atoms with Gasteiger partial charge < -0.3 is 19.6 Å². The molecule has 0 unspecified atom stereocenters. The average Bonchev–Trinajstić information content (AvgIpc) is 3.08. The zero-order chi connectivity index (χ0) is 17.8. The van der Waals surface area contributed by atoms with Crippen molar-refractivity contribution in [1.29, 1.82) is 0 Å². The summed E-state index contributed by atoms with van der Waals surface area (Å²) in [6.45, 7) is 0.389. The Hall–Kier alpha value is -2.92. The van der Waals surface area contributed by atoms with E-state index in [9.17, 15) is 4.79 Å². The van der Waals surface area contributed by atoms with Crippen LogP contribution in [0.25, 0.3) is 11.3 Å². The molecule has 0 saturated heterocycles. The van der Waals surface area contributed by atoms with Crippen molar-refractivity contribution < 1.29 is 19.1 Å². The fraction of sp³-hybridized carbons (Fsp3) is 0.105. The van der Waals surface area contributed by atoms with Gasteiger partial charge in [-0.3, -0.25) is 0 Å². The molecule has 0 aliphatic rings. The van der Waals surface area contributed by atoms with Crippen molar-refractivity contribution in [2.75, 3.05) is 12.4 Å². The summed E-state index contributed by atoms with van der Waals surface area (Å²) in [5, 5.41) is 12.9. The molecule has 25 heavy (non-hydrogen) atoms. The molecule has 1 aromatic heterocycles. The Kier molecular flexibility index (Phi) is 4.95. The van der Waals surface area contributed by atoms with E-state index in [2.05, 4.69) is 5.32 Å². The van der Waals surface area contributed by atoms with Gasteiger partial charge in [-0.2, -0.15) is 0 Å². The normalized spacial score (nSPS) is 10.5. The van der Waals surface area contributed by atoms with Gasteiger partial charge in [-0.1, -0.05) is 23.7 Å². The quantitative estimate of drug-likeness (QED) is 0.655. The summed E-state index contributed by atoms with van der Waals surface area (Å²) >= 11 is 6.00. The van der Waals surface area contributed by atoms with Gasteiger partial charge in [0.1, 0.15) is 17.3 Å². The predicted molar refractivity (Wildman–Crippen MR) is 96.4 cm³/mol. The highest BCUT2D eigenvalue weighted by Crippen LogP contribution is 2.28. The lowest BCUT2D eigenvalue weighted by molar-refractivity contribution is 0.0697. The first-order valence-electron chi connectivity index (χ1n) is 7.56. The van der Waals surface area contributed by atoms with Crippen molar-refractivity contribution in [1.82, 2.24) is 0 Å². The summed E-state index contributed by atoms with van der Waals surface area (Å²) in [6.07, 6.45) is 0. The van der Waals surface area contributed by atoms with Crippen LogP contribution >= 0.6 is 11.6 Å². The van der Waals surface area contributed by atoms with Crippen LogP contribution in [0.5, 0.6) is 5.75 Å². The number of anilines is 1. The van der Waals surface area contributed by atoms with Gasteiger partial charge in [0.15, 0.2) is 0 Å². The summed E-state index contributed by atoms with van der Waals surface area (Å²) in [5.74, 6) is 0.988. The second-order valence-corrected chi connectivity index (χ2v) is 5.79. The number of benzene rings is 2. The van der Waals surface area contributed by atoms with Crippen LogP contribution in [0.2, 0.25) is 5.02 Å². The molecule has 0 spiro atoms. The van der Waals surface area contributed by atoms with Crippen molar-refractivity contribution in [3.63, 3.8) is 0 Å². The Labute approximate surface area is 149 Å². The largest absolute Gasteiger partial charge is 0.495 e. The second-order valence-electron chi connectivity index (χ2n) is 5.35. The lowest BCUT2D eigenvalue weighted by atomic mass is 10.2. The standard InChI is InChI=1S/C19H16ClNO4/c1-24-18-7-5-13(19(22)23)10-16(18)21-11-15-6-8-17(25-15)12-3-2-4-14(20)9-12/h2-10,21H,11H2,1H3,(H,22,23). The van der Waals surface area contributed by atoms with E-state index in [1.165, 1.54) is 19.2 Å². The van der Waals surface area contributed by atoms with Crippen LogP contribution in [-0.4, -0.2) is 18.2 Å². The van der Waals surface area contributed by atoms with Crippen LogP contribution in [0, 0.1) is 0 Å². The minimum absolute atomic E-state index is 0.183. The highest BCUT2D eigenvalue weighted by atomic mass is 35.5. The van der Waals surface area contributed by atoms with Crippen LogP contribution in [0.4, 0.5) is 5.69 Å². The van der Waals surface area contributed by atoms with E-state index in [4.69, 9.17) is 25.9 Å². The summed E-state index contributed by atoms with van der Waals surface area (Å²) < 4.78 is 11.1. The summed E-state index contributed by atoms with van der Waals surface area (Å²) in [4.78, 5) is 11.1. The summed E-state index contributed by atoms with van der Waals surface area (Å²) in [5.41, 5.74) is 1.66. The molecule has 128 valence electrons. The van der Waals surface area contributed by atoms with Crippen LogP contribution in [0.1, 0.15) is 16.1 Å². The summed E-state index contributed by atoms with van der Waals surface area (Å²) in [6, 6.07) is 15.8. The molecule has 3 aromatic rings. The Morgan fingerprint density at radius 1 is 1.20 bits per heavy atom. The van der Waals surface area contributed by atoms with Gasteiger partial charge in [0.2, 0.25) is 0 Å². The number of carboxylic acid groups (broad SMARTS) is 1. The van der Waals surface area contributed by atoms with Crippen molar-refractivity contribution in [2.45, 2.75) is 6.54 Å². The predicted octanol–water partition coefficient (Wildman–Crippen LogP) is 4.92. The molecule has 1 heterocycles. The third-order valence-electron chi connectivity index (χ3n) is 3.67. The Morgan fingerprint density at radius 3 is 2.76 bits per heavy atom. The number of rotatable bonds is 6. The van der Waals surface area contributed by atoms with Crippen molar-refractivity contribution >= 4 is 23.3 Å². The van der Waals surface area contributed by atoms with Crippen molar-refractivity contribution in [2.24, 2.45) is 0 Å². The first-order chi connectivity index (χ1) is 12.1. The number of furan rings is 1. The lowest BCUT2D eigenvalue weighted by Crippen LogP contribution is -2.03. The number of aromatic carboxylic acids is 1. The van der Waals surface area contributed by atoms with Crippen LogP contribution in [0.3, 0.4) is 0 Å². The van der Waals surface area contributed by atoms with Gasteiger partial charge in [0, 0.05) is 10.6 Å². The van der Waals surface area contributed by atoms with E-state index in [-0.39, 0.29) is 5.56 Å². The molecule has 0 bridgehead atoms. The number of ether oxygens (including phenoxy) is 1. The third kappa shape index (κ3) is 3.95. The maximum atomic E-state index is 11.1. The first-order valence-corrected chi connectivity index (χ1v) is 7.94. The summed E-state index contributed by atoms with van der Waals surface area (Å²) in [7, 11) is 1.53. The zero-order valence-electron chi connectivity index (χ0n) is 13.5. The van der Waals surface area contributed by atoms with Gasteiger partial charge in [-0.15, -0.1) is 0 Å². The maximum absolute atomic E-state index is 11.1. The number of nitrogens with one attached hydrogen (secondary N) is 1. The molecule has 0 aliphatic carbocycles. The Morgan fingerprint density at radius 2 is 2.04 bits per heavy atom. The van der Waals surface area contributed by atoms with Gasteiger partial charge >= 0.3 is 5.97 Å². The number of carbonyl (C=O) groups is 1. The molecule has 2 aromatic carbocycles. The zero-order valence-corrected chi connectivity index (χ0v) is 14.2. The molecule has 3 rings (SSSR count). The van der Waals surface area contributed by atoms with E-state index in [0.717, 1.165) is 5.56 Å². The van der Waals surface area contributed by atoms with Gasteiger partial charge in [-0.05, 0) is 42.5 Å². The maximum Gasteiger partial charge on any atom is 0.335 e. The molecule has 0 saturated carbocycles. The van der Waals surface area contributed by atoms with E-state index < -0.39 is 5.97 Å². The Bertz CT molecular complexity index is 904. The molecule has 2 N–H and O–H groups in total. The Balaban J connectivity index is 1.76. The molecule has 0 radical (unpaired) electrons. The molecular formula is C19H16ClNO4. The number of methoxy groups -OCH3 is 1. The topological polar surface area (TPSA) is 71.7 Å². The second kappa shape index (κ2) is 7.32. The van der Waals surface area contributed by atoms with Crippen LogP contribution in [0.15, 0.2) is 59.0 Å². The van der Waals surface area contributed by atoms with E-state index in [0.29, 0.717) is 34.5 Å². The van der Waals surface area contributed by atoms with Crippen LogP contribution < -0.4 is 10.1 Å². The SMILES string of the molecule is COc1ccc(C(=O)O)cc1NCc1ccc(-c2cccc(Cl)c2)o1. The van der Waals surface area contributed by atoms with Gasteiger partial charge in [0.25, 0.3) is 0 Å². The third-order valence-corrected chi connectivity index (χ3v) is 3.91. The molecule has 0 aliphatic heterocycles. The highest BCUT2D eigenvalue weighted by molar-refractivity contribution is 6.30. The van der Waals surface area contributed by atoms with E-state index in [1.54, 1.807) is 12.1 Å². The molecular weight excluding hydrogens is 342 g/mol. The smallest absolute Gasteiger partial charge is 0.335 e. The molecule has 6 heteroatoms. The molecule has 0 amide bonds. The molecule has 5 nitrogen and oxygen atoms in total. The fourth-order valence-electron chi connectivity index (χ4n) is 2.43. The lowest BCUT2D eigenvalue weighted by Gasteiger charge is -2.11. The number of hydrogen-bond acceptors (Lipinski definition) is 4. The minimum atomic E-state index is -0.994. The van der Waals surface area contributed by atoms with Crippen LogP contribution in [-0.2, 0) is 6.54 Å². The number of hydrogen-bond donors (Lipinski definition) is 2. The van der Waals surface area contributed by atoms with Crippen molar-refractivity contribution in [3.8, 4) is 17.1 Å². The van der Waals surface area contributed by atoms with E-state index in [1.807, 2.05) is 30.3 Å². The van der Waals surface area contributed by atoms with Gasteiger partial charge in [0.05, 0.1) is 24.9 Å². The average molecular weight is 358 g/mol. The van der Waals surface area contributed by atoms with Crippen molar-refractivity contribution in [3.05, 3.63) is 70.9 Å². The minimum Gasteiger partial charge on any atom is -0.495 e. The van der Waals surface area contributed by atoms with E-state index >= 15 is 0 Å². The molecule has 0 atom stereocenters. The first kappa shape index (κ1) is 16.9. The fourth-order valence-corrected chi connectivity index (χ4v) is 2.62.